The summed E-state index contributed by atoms with van der Waals surface area (Å²) in [5.74, 6) is 2.08. The van der Waals surface area contributed by atoms with Crippen molar-refractivity contribution in [3.8, 4) is 0 Å². The van der Waals surface area contributed by atoms with E-state index in [9.17, 15) is 4.79 Å². The van der Waals surface area contributed by atoms with Gasteiger partial charge >= 0.3 is 0 Å². The third-order valence-electron chi connectivity index (χ3n) is 4.84. The zero-order valence-electron chi connectivity index (χ0n) is 14.0. The number of nitrogens with zero attached hydrogens (tertiary/aromatic N) is 6. The summed E-state index contributed by atoms with van der Waals surface area (Å²) in [6.07, 6.45) is 6.07. The summed E-state index contributed by atoms with van der Waals surface area (Å²) in [5.41, 5.74) is 0.477. The Morgan fingerprint density at radius 1 is 1.33 bits per heavy atom. The molecular weight excluding hydrogens is 306 g/mol. The number of piperidine rings is 1. The lowest BCUT2D eigenvalue weighted by atomic mass is 10.1. The smallest absolute Gasteiger partial charge is 0.272 e. The summed E-state index contributed by atoms with van der Waals surface area (Å²) in [5, 5.41) is 15.9. The summed E-state index contributed by atoms with van der Waals surface area (Å²) in [6, 6.07) is 1.91. The molecule has 24 heavy (non-hydrogen) atoms. The Balaban J connectivity index is 1.36. The van der Waals surface area contributed by atoms with E-state index in [-0.39, 0.29) is 11.9 Å². The first-order valence-corrected chi connectivity index (χ1v) is 8.63. The van der Waals surface area contributed by atoms with E-state index in [1.165, 1.54) is 6.42 Å². The van der Waals surface area contributed by atoms with Crippen LogP contribution in [0.5, 0.6) is 0 Å². The molecule has 0 saturated carbocycles. The van der Waals surface area contributed by atoms with Crippen LogP contribution < -0.4 is 5.32 Å². The van der Waals surface area contributed by atoms with Crippen molar-refractivity contribution in [1.29, 1.82) is 0 Å². The van der Waals surface area contributed by atoms with Crippen LogP contribution in [-0.4, -0.2) is 54.5 Å². The zero-order chi connectivity index (χ0) is 16.5. The molecule has 0 radical (unpaired) electrons. The molecule has 1 unspecified atom stereocenters. The molecule has 2 aromatic heterocycles. The molecule has 2 aliphatic rings. The quantitative estimate of drug-likeness (QED) is 0.875. The largest absolute Gasteiger partial charge is 0.347 e. The molecule has 4 heterocycles. The van der Waals surface area contributed by atoms with Crippen LogP contribution in [0.25, 0.3) is 0 Å². The number of fused-ring (bicyclic) bond motifs is 1. The van der Waals surface area contributed by atoms with Crippen molar-refractivity contribution in [2.45, 2.75) is 44.8 Å². The predicted octanol–water partition coefficient (Wildman–Crippen LogP) is 0.352. The number of aryl methyl sites for hydroxylation is 2. The molecule has 2 aromatic rings. The van der Waals surface area contributed by atoms with Gasteiger partial charge in [0.05, 0.1) is 6.54 Å². The maximum atomic E-state index is 12.3. The number of likely N-dealkylation sites (tertiary alicyclic amines) is 1. The van der Waals surface area contributed by atoms with Crippen molar-refractivity contribution in [1.82, 2.24) is 34.8 Å². The van der Waals surface area contributed by atoms with Gasteiger partial charge in [0.25, 0.3) is 5.91 Å². The maximum Gasteiger partial charge on any atom is 0.272 e. The van der Waals surface area contributed by atoms with Gasteiger partial charge in [-0.05, 0) is 31.9 Å². The summed E-state index contributed by atoms with van der Waals surface area (Å²) >= 11 is 0. The lowest BCUT2D eigenvalue weighted by Gasteiger charge is -2.32. The van der Waals surface area contributed by atoms with Crippen molar-refractivity contribution < 1.29 is 4.79 Å². The topological polar surface area (TPSA) is 80.9 Å². The van der Waals surface area contributed by atoms with Crippen LogP contribution in [0.3, 0.4) is 0 Å². The van der Waals surface area contributed by atoms with Crippen LogP contribution in [0.15, 0.2) is 12.3 Å². The molecule has 8 heteroatoms. The van der Waals surface area contributed by atoms with E-state index in [2.05, 4.69) is 30.1 Å². The number of carbonyl (C=O) groups excluding carboxylic acids is 1. The van der Waals surface area contributed by atoms with Gasteiger partial charge in [-0.2, -0.15) is 5.10 Å². The Kier molecular flexibility index (Phi) is 4.05. The summed E-state index contributed by atoms with van der Waals surface area (Å²) in [4.78, 5) is 14.6. The molecule has 1 amide bonds. The number of carbonyl (C=O) groups is 1. The first-order chi connectivity index (χ1) is 11.7. The Hall–Kier alpha value is -2.22. The molecule has 4 rings (SSSR count). The van der Waals surface area contributed by atoms with Gasteiger partial charge in [-0.25, -0.2) is 0 Å². The highest BCUT2D eigenvalue weighted by Gasteiger charge is 2.25. The number of hydrogen-bond acceptors (Lipinski definition) is 5. The number of rotatable bonds is 4. The molecule has 0 aromatic carbocycles. The van der Waals surface area contributed by atoms with Gasteiger partial charge in [0.2, 0.25) is 0 Å². The fourth-order valence-electron chi connectivity index (χ4n) is 3.64. The first kappa shape index (κ1) is 15.3. The van der Waals surface area contributed by atoms with Crippen LogP contribution in [0, 0.1) is 0 Å². The lowest BCUT2D eigenvalue weighted by Crippen LogP contribution is -2.47. The fourth-order valence-corrected chi connectivity index (χ4v) is 3.64. The Morgan fingerprint density at radius 3 is 3.08 bits per heavy atom. The van der Waals surface area contributed by atoms with Crippen molar-refractivity contribution in [3.05, 3.63) is 29.6 Å². The standard InChI is InChI=1S/C16H23N7O/c1-21-9-6-13(20-21)16(24)17-12-4-2-7-22(10-12)11-15-19-18-14-5-3-8-23(14)15/h6,9,12H,2-5,7-8,10-11H2,1H3,(H,17,24). The molecule has 0 spiro atoms. The third-order valence-corrected chi connectivity index (χ3v) is 4.84. The summed E-state index contributed by atoms with van der Waals surface area (Å²) < 4.78 is 3.89. The van der Waals surface area contributed by atoms with E-state index in [1.807, 2.05) is 7.05 Å². The predicted molar refractivity (Wildman–Crippen MR) is 87.3 cm³/mol. The molecular formula is C16H23N7O. The third kappa shape index (κ3) is 3.06. The Bertz CT molecular complexity index is 735. The number of hydrogen-bond donors (Lipinski definition) is 1. The molecule has 0 aliphatic carbocycles. The van der Waals surface area contributed by atoms with E-state index >= 15 is 0 Å². The van der Waals surface area contributed by atoms with Crippen LogP contribution in [-0.2, 0) is 26.6 Å². The van der Waals surface area contributed by atoms with Crippen molar-refractivity contribution in [2.75, 3.05) is 13.1 Å². The van der Waals surface area contributed by atoms with Crippen LogP contribution >= 0.6 is 0 Å². The minimum Gasteiger partial charge on any atom is -0.347 e. The summed E-state index contributed by atoms with van der Waals surface area (Å²) in [6.45, 7) is 3.73. The van der Waals surface area contributed by atoms with E-state index < -0.39 is 0 Å². The average molecular weight is 329 g/mol. The van der Waals surface area contributed by atoms with Gasteiger partial charge in [-0.1, -0.05) is 0 Å². The lowest BCUT2D eigenvalue weighted by molar-refractivity contribution is 0.0893. The maximum absolute atomic E-state index is 12.3. The van der Waals surface area contributed by atoms with Crippen LogP contribution in [0.2, 0.25) is 0 Å². The molecule has 1 fully saturated rings. The van der Waals surface area contributed by atoms with E-state index in [4.69, 9.17) is 0 Å². The highest BCUT2D eigenvalue weighted by molar-refractivity contribution is 5.92. The summed E-state index contributed by atoms with van der Waals surface area (Å²) in [7, 11) is 1.82. The fraction of sp³-hybridized carbons (Fsp3) is 0.625. The highest BCUT2D eigenvalue weighted by atomic mass is 16.2. The second kappa shape index (κ2) is 6.35. The normalized spacial score (nSPS) is 21.0. The molecule has 1 N–H and O–H groups in total. The van der Waals surface area contributed by atoms with Gasteiger partial charge in [0.15, 0.2) is 0 Å². The molecule has 1 atom stereocenters. The van der Waals surface area contributed by atoms with Gasteiger partial charge in [-0.3, -0.25) is 14.4 Å². The molecule has 8 nitrogen and oxygen atoms in total. The minimum absolute atomic E-state index is 0.0918. The second-order valence-electron chi connectivity index (χ2n) is 6.71. The zero-order valence-corrected chi connectivity index (χ0v) is 14.0. The van der Waals surface area contributed by atoms with Gasteiger partial charge < -0.3 is 9.88 Å². The van der Waals surface area contributed by atoms with Crippen LogP contribution in [0.1, 0.15) is 41.4 Å². The van der Waals surface area contributed by atoms with Crippen molar-refractivity contribution >= 4 is 5.91 Å². The second-order valence-corrected chi connectivity index (χ2v) is 6.71. The molecule has 0 bridgehead atoms. The van der Waals surface area contributed by atoms with Gasteiger partial charge in [0.1, 0.15) is 17.3 Å². The number of nitrogens with one attached hydrogen (secondary N) is 1. The van der Waals surface area contributed by atoms with E-state index in [1.54, 1.807) is 16.9 Å². The number of amides is 1. The van der Waals surface area contributed by atoms with Crippen molar-refractivity contribution in [2.24, 2.45) is 7.05 Å². The molecule has 128 valence electrons. The monoisotopic (exact) mass is 329 g/mol. The van der Waals surface area contributed by atoms with Gasteiger partial charge in [-0.15, -0.1) is 10.2 Å². The molecule has 2 aliphatic heterocycles. The molecule has 1 saturated heterocycles. The Labute approximate surface area is 140 Å². The average Bonchev–Trinajstić information content (AvgIpc) is 3.26. The van der Waals surface area contributed by atoms with Crippen molar-refractivity contribution in [3.63, 3.8) is 0 Å². The van der Waals surface area contributed by atoms with Crippen LogP contribution in [0.4, 0.5) is 0 Å². The Morgan fingerprint density at radius 2 is 2.25 bits per heavy atom. The van der Waals surface area contributed by atoms with Gasteiger partial charge in [0, 0.05) is 38.8 Å². The number of aromatic nitrogens is 5. The van der Waals surface area contributed by atoms with E-state index in [0.29, 0.717) is 5.69 Å². The SMILES string of the molecule is Cn1ccc(C(=O)NC2CCCN(Cc3nnc4n3CCC4)C2)n1. The minimum atomic E-state index is -0.0918. The highest BCUT2D eigenvalue weighted by Crippen LogP contribution is 2.18. The first-order valence-electron chi connectivity index (χ1n) is 8.63. The van der Waals surface area contributed by atoms with E-state index in [0.717, 1.165) is 57.1 Å².